The zero-order valence-corrected chi connectivity index (χ0v) is 10.6. The summed E-state index contributed by atoms with van der Waals surface area (Å²) in [5.74, 6) is 0.282. The number of aromatic nitrogens is 2. The second kappa shape index (κ2) is 6.52. The zero-order chi connectivity index (χ0) is 12.0. The number of thioether (sulfide) groups is 1. The topological polar surface area (TPSA) is 49.8 Å². The fraction of sp³-hybridized carbons (Fsp3) is 0.600. The van der Waals surface area contributed by atoms with Crippen LogP contribution >= 0.6 is 11.8 Å². The van der Waals surface area contributed by atoms with Crippen molar-refractivity contribution in [1.29, 1.82) is 0 Å². The van der Waals surface area contributed by atoms with E-state index in [2.05, 4.69) is 27.5 Å². The van der Waals surface area contributed by atoms with E-state index < -0.39 is 5.82 Å². The van der Waals surface area contributed by atoms with Crippen molar-refractivity contribution in [2.24, 2.45) is 0 Å². The molecule has 6 heteroatoms. The first-order chi connectivity index (χ1) is 7.67. The van der Waals surface area contributed by atoms with Gasteiger partial charge in [-0.1, -0.05) is 6.92 Å². The molecule has 0 radical (unpaired) electrons. The molecule has 1 aromatic rings. The minimum atomic E-state index is -0.421. The molecular weight excluding hydrogens is 227 g/mol. The second-order valence-electron chi connectivity index (χ2n) is 3.35. The first-order valence-electron chi connectivity index (χ1n) is 5.20. The maximum absolute atomic E-state index is 13.3. The van der Waals surface area contributed by atoms with Gasteiger partial charge in [-0.05, 0) is 13.2 Å². The maximum atomic E-state index is 13.3. The summed E-state index contributed by atoms with van der Waals surface area (Å²) in [6.07, 6.45) is 3.20. The fourth-order valence-corrected chi connectivity index (χ4v) is 1.31. The highest BCUT2D eigenvalue weighted by Gasteiger charge is 2.07. The summed E-state index contributed by atoms with van der Waals surface area (Å²) in [6.45, 7) is 5.41. The van der Waals surface area contributed by atoms with Crippen LogP contribution < -0.4 is 10.6 Å². The molecule has 0 spiro atoms. The van der Waals surface area contributed by atoms with Gasteiger partial charge in [-0.3, -0.25) is 0 Å². The molecule has 0 saturated heterocycles. The number of nitrogens with zero attached hydrogens (tertiary/aromatic N) is 2. The Bertz CT molecular complexity index is 335. The molecular formula is C10H17FN4S. The highest BCUT2D eigenvalue weighted by atomic mass is 32.2. The predicted molar refractivity (Wildman–Crippen MR) is 67.6 cm³/mol. The average molecular weight is 244 g/mol. The highest BCUT2D eigenvalue weighted by Crippen LogP contribution is 2.13. The fourth-order valence-electron chi connectivity index (χ4n) is 1.06. The van der Waals surface area contributed by atoms with Gasteiger partial charge in [0.05, 0.1) is 6.20 Å². The lowest BCUT2D eigenvalue weighted by Gasteiger charge is -2.11. The Morgan fingerprint density at radius 1 is 1.50 bits per heavy atom. The highest BCUT2D eigenvalue weighted by molar-refractivity contribution is 7.99. The average Bonchev–Trinajstić information content (AvgIpc) is 2.29. The number of nitrogens with one attached hydrogen (secondary N) is 2. The van der Waals surface area contributed by atoms with Gasteiger partial charge in [0.2, 0.25) is 5.95 Å². The van der Waals surface area contributed by atoms with E-state index in [0.29, 0.717) is 24.3 Å². The summed E-state index contributed by atoms with van der Waals surface area (Å²) in [6, 6.07) is 0. The Morgan fingerprint density at radius 2 is 2.25 bits per heavy atom. The minimum absolute atomic E-state index is 0.256. The van der Waals surface area contributed by atoms with E-state index in [0.717, 1.165) is 0 Å². The second-order valence-corrected chi connectivity index (χ2v) is 4.62. The van der Waals surface area contributed by atoms with Crippen molar-refractivity contribution in [2.75, 3.05) is 30.0 Å². The molecule has 0 saturated carbocycles. The summed E-state index contributed by atoms with van der Waals surface area (Å²) in [5, 5.41) is 6.33. The van der Waals surface area contributed by atoms with Gasteiger partial charge in [-0.15, -0.1) is 0 Å². The van der Waals surface area contributed by atoms with Crippen LogP contribution in [0.1, 0.15) is 13.8 Å². The summed E-state index contributed by atoms with van der Waals surface area (Å²) < 4.78 is 13.3. The van der Waals surface area contributed by atoms with Gasteiger partial charge in [0, 0.05) is 18.3 Å². The van der Waals surface area contributed by atoms with Gasteiger partial charge >= 0.3 is 0 Å². The number of hydrogen-bond donors (Lipinski definition) is 2. The number of rotatable bonds is 6. The predicted octanol–water partition coefficient (Wildman–Crippen LogP) is 2.21. The molecule has 1 atom stereocenters. The van der Waals surface area contributed by atoms with Crippen LogP contribution in [0.5, 0.6) is 0 Å². The van der Waals surface area contributed by atoms with Crippen molar-refractivity contribution < 1.29 is 4.39 Å². The lowest BCUT2D eigenvalue weighted by atomic mass is 10.4. The first kappa shape index (κ1) is 13.0. The molecule has 1 aromatic heterocycles. The Morgan fingerprint density at radius 3 is 2.88 bits per heavy atom. The number of hydrogen-bond acceptors (Lipinski definition) is 5. The van der Waals surface area contributed by atoms with Crippen LogP contribution in [0.25, 0.3) is 0 Å². The van der Waals surface area contributed by atoms with Crippen molar-refractivity contribution in [3.05, 3.63) is 12.0 Å². The number of halogens is 1. The maximum Gasteiger partial charge on any atom is 0.224 e. The molecule has 2 N–H and O–H groups in total. The zero-order valence-electron chi connectivity index (χ0n) is 9.75. The van der Waals surface area contributed by atoms with E-state index in [1.165, 1.54) is 6.20 Å². The van der Waals surface area contributed by atoms with Crippen LogP contribution in [-0.2, 0) is 0 Å². The van der Waals surface area contributed by atoms with Crippen molar-refractivity contribution in [1.82, 2.24) is 9.97 Å². The molecule has 90 valence electrons. The van der Waals surface area contributed by atoms with Crippen molar-refractivity contribution in [3.63, 3.8) is 0 Å². The van der Waals surface area contributed by atoms with Crippen LogP contribution in [0, 0.1) is 5.82 Å². The SMILES string of the molecule is CCNc1ncc(F)c(NCC(C)SC)n1. The summed E-state index contributed by atoms with van der Waals surface area (Å²) in [5.41, 5.74) is 0. The molecule has 0 amide bonds. The summed E-state index contributed by atoms with van der Waals surface area (Å²) in [7, 11) is 0. The Balaban J connectivity index is 2.66. The lowest BCUT2D eigenvalue weighted by Crippen LogP contribution is -2.15. The Hall–Kier alpha value is -1.04. The lowest BCUT2D eigenvalue weighted by molar-refractivity contribution is 0.617. The molecule has 16 heavy (non-hydrogen) atoms. The van der Waals surface area contributed by atoms with Crippen LogP contribution in [0.4, 0.5) is 16.2 Å². The molecule has 0 aliphatic rings. The molecule has 0 aliphatic heterocycles. The quantitative estimate of drug-likeness (QED) is 0.803. The van der Waals surface area contributed by atoms with Crippen LogP contribution in [0.3, 0.4) is 0 Å². The van der Waals surface area contributed by atoms with E-state index >= 15 is 0 Å². The van der Waals surface area contributed by atoms with Crippen LogP contribution in [0.15, 0.2) is 6.20 Å². The molecule has 0 aliphatic carbocycles. The molecule has 1 unspecified atom stereocenters. The van der Waals surface area contributed by atoms with Crippen molar-refractivity contribution in [2.45, 2.75) is 19.1 Å². The van der Waals surface area contributed by atoms with Crippen LogP contribution in [0.2, 0.25) is 0 Å². The Labute approximate surface area is 99.4 Å². The molecule has 0 fully saturated rings. The standard InChI is InChI=1S/C10H17FN4S/c1-4-12-10-14-6-8(11)9(15-10)13-5-7(2)16-3/h6-7H,4-5H2,1-3H3,(H2,12,13,14,15). The third kappa shape index (κ3) is 3.84. The third-order valence-corrected chi connectivity index (χ3v) is 3.01. The monoisotopic (exact) mass is 244 g/mol. The van der Waals surface area contributed by atoms with E-state index in [-0.39, 0.29) is 5.82 Å². The van der Waals surface area contributed by atoms with Crippen LogP contribution in [-0.4, -0.2) is 34.6 Å². The van der Waals surface area contributed by atoms with Crippen molar-refractivity contribution in [3.8, 4) is 0 Å². The summed E-state index contributed by atoms with van der Waals surface area (Å²) >= 11 is 1.72. The molecule has 0 aromatic carbocycles. The van der Waals surface area contributed by atoms with E-state index in [1.54, 1.807) is 11.8 Å². The van der Waals surface area contributed by atoms with Crippen molar-refractivity contribution >= 4 is 23.5 Å². The third-order valence-electron chi connectivity index (χ3n) is 2.04. The normalized spacial score (nSPS) is 12.2. The van der Waals surface area contributed by atoms with Gasteiger partial charge in [-0.2, -0.15) is 16.7 Å². The van der Waals surface area contributed by atoms with Gasteiger partial charge in [-0.25, -0.2) is 9.37 Å². The molecule has 4 nitrogen and oxygen atoms in total. The molecule has 1 rings (SSSR count). The van der Waals surface area contributed by atoms with Gasteiger partial charge in [0.1, 0.15) is 0 Å². The smallest absolute Gasteiger partial charge is 0.224 e. The van der Waals surface area contributed by atoms with E-state index in [1.807, 2.05) is 13.2 Å². The van der Waals surface area contributed by atoms with Gasteiger partial charge in [0.25, 0.3) is 0 Å². The molecule has 1 heterocycles. The molecule has 0 bridgehead atoms. The minimum Gasteiger partial charge on any atom is -0.366 e. The van der Waals surface area contributed by atoms with Gasteiger partial charge in [0.15, 0.2) is 11.6 Å². The van der Waals surface area contributed by atoms with E-state index in [4.69, 9.17) is 0 Å². The van der Waals surface area contributed by atoms with E-state index in [9.17, 15) is 4.39 Å². The van der Waals surface area contributed by atoms with Gasteiger partial charge < -0.3 is 10.6 Å². The number of anilines is 2. The first-order valence-corrected chi connectivity index (χ1v) is 6.49. The largest absolute Gasteiger partial charge is 0.366 e. The Kier molecular flexibility index (Phi) is 5.31. The summed E-state index contributed by atoms with van der Waals surface area (Å²) in [4.78, 5) is 7.88.